The molecule has 2 N–H and O–H groups in total. The van der Waals surface area contributed by atoms with Gasteiger partial charge in [0.25, 0.3) is 0 Å². The van der Waals surface area contributed by atoms with Crippen LogP contribution in [-0.4, -0.2) is 60.3 Å². The fourth-order valence-corrected chi connectivity index (χ4v) is 3.87. The second kappa shape index (κ2) is 10.5. The van der Waals surface area contributed by atoms with Gasteiger partial charge in [0.15, 0.2) is 11.9 Å². The second-order valence-electron chi connectivity index (χ2n) is 6.58. The summed E-state index contributed by atoms with van der Waals surface area (Å²) >= 11 is 1.12. The summed E-state index contributed by atoms with van der Waals surface area (Å²) in [4.78, 5) is 28.4. The van der Waals surface area contributed by atoms with Crippen LogP contribution in [0.3, 0.4) is 0 Å². The number of rotatable bonds is 10. The zero-order valence-electron chi connectivity index (χ0n) is 15.4. The van der Waals surface area contributed by atoms with E-state index in [0.29, 0.717) is 18.7 Å². The van der Waals surface area contributed by atoms with Gasteiger partial charge < -0.3 is 9.92 Å². The highest BCUT2D eigenvalue weighted by Gasteiger charge is 2.45. The monoisotopic (exact) mass is 379 g/mol. The highest BCUT2D eigenvalue weighted by atomic mass is 32.2. The number of nitrogens with two attached hydrogens (primary N) is 1. The number of likely N-dealkylation sites (N-methyl/N-ethyl adjacent to an activating group) is 1. The predicted molar refractivity (Wildman–Crippen MR) is 105 cm³/mol. The molecular weight excluding hydrogens is 350 g/mol. The van der Waals surface area contributed by atoms with Gasteiger partial charge >= 0.3 is 6.09 Å². The summed E-state index contributed by atoms with van der Waals surface area (Å²) in [6.45, 7) is 2.23. The number of aldehydes is 1. The molecule has 1 saturated heterocycles. The van der Waals surface area contributed by atoms with Crippen molar-refractivity contribution in [2.45, 2.75) is 37.8 Å². The number of hydrogen-bond donors (Lipinski definition) is 1. The third-order valence-corrected chi connectivity index (χ3v) is 5.53. The molecule has 1 unspecified atom stereocenters. The average Bonchev–Trinajstić information content (AvgIpc) is 3.21. The Balaban J connectivity index is 2.11. The van der Waals surface area contributed by atoms with Crippen molar-refractivity contribution in [3.05, 3.63) is 35.9 Å². The molecule has 0 bridgehead atoms. The first-order chi connectivity index (χ1) is 12.6. The molecule has 1 amide bonds. The van der Waals surface area contributed by atoms with E-state index in [1.807, 2.05) is 30.3 Å². The van der Waals surface area contributed by atoms with Crippen molar-refractivity contribution >= 4 is 24.4 Å². The first kappa shape index (κ1) is 20.7. The van der Waals surface area contributed by atoms with Crippen LogP contribution in [0.15, 0.2) is 30.3 Å². The summed E-state index contributed by atoms with van der Waals surface area (Å²) in [5, 5.41) is 0. The summed E-state index contributed by atoms with van der Waals surface area (Å²) in [6, 6.07) is 9.79. The van der Waals surface area contributed by atoms with Crippen molar-refractivity contribution in [3.8, 4) is 0 Å². The number of carbonyl (C=O) groups excluding carboxylic acids is 2. The Morgan fingerprint density at radius 3 is 2.62 bits per heavy atom. The van der Waals surface area contributed by atoms with Gasteiger partial charge in [-0.05, 0) is 37.8 Å². The Hall–Kier alpha value is -1.57. The topological polar surface area (TPSA) is 75.9 Å². The van der Waals surface area contributed by atoms with Crippen LogP contribution in [-0.2, 0) is 15.4 Å². The van der Waals surface area contributed by atoms with Crippen LogP contribution in [0, 0.1) is 0 Å². The standard InChI is InChI=1S/C19H29N3O3S/c1-21(18(24)25-26-14-8-5-11-20)19(16-23,22-12-6-7-13-22)15-17-9-3-2-4-10-17/h2-4,9-10,16H,5-8,11-15,20H2,1H3. The Morgan fingerprint density at radius 1 is 1.31 bits per heavy atom. The molecule has 1 atom stereocenters. The van der Waals surface area contributed by atoms with E-state index >= 15 is 0 Å². The van der Waals surface area contributed by atoms with Crippen LogP contribution >= 0.6 is 12.0 Å². The lowest BCUT2D eigenvalue weighted by Crippen LogP contribution is -2.62. The third kappa shape index (κ3) is 5.22. The lowest BCUT2D eigenvalue weighted by Gasteiger charge is -2.43. The van der Waals surface area contributed by atoms with Crippen molar-refractivity contribution in [1.29, 1.82) is 0 Å². The maximum absolute atomic E-state index is 12.6. The molecule has 1 fully saturated rings. The molecule has 26 heavy (non-hydrogen) atoms. The van der Waals surface area contributed by atoms with Crippen LogP contribution in [0.1, 0.15) is 31.2 Å². The molecule has 0 aliphatic carbocycles. The second-order valence-corrected chi connectivity index (χ2v) is 7.39. The van der Waals surface area contributed by atoms with Crippen LogP contribution in [0.4, 0.5) is 4.79 Å². The predicted octanol–water partition coefficient (Wildman–Crippen LogP) is 2.68. The summed E-state index contributed by atoms with van der Waals surface area (Å²) in [5.41, 5.74) is 5.46. The Bertz CT molecular complexity index is 566. The van der Waals surface area contributed by atoms with E-state index in [1.54, 1.807) is 7.05 Å². The average molecular weight is 380 g/mol. The van der Waals surface area contributed by atoms with E-state index in [9.17, 15) is 9.59 Å². The minimum atomic E-state index is -1.02. The van der Waals surface area contributed by atoms with Gasteiger partial charge in [-0.3, -0.25) is 14.6 Å². The van der Waals surface area contributed by atoms with Gasteiger partial charge in [-0.15, -0.1) is 0 Å². The molecule has 0 radical (unpaired) electrons. The molecule has 144 valence electrons. The first-order valence-electron chi connectivity index (χ1n) is 9.16. The fourth-order valence-electron chi connectivity index (χ4n) is 3.25. The molecule has 1 heterocycles. The summed E-state index contributed by atoms with van der Waals surface area (Å²) in [6.07, 6.45) is 4.71. The van der Waals surface area contributed by atoms with Gasteiger partial charge in [0.05, 0.1) is 12.0 Å². The molecule has 0 spiro atoms. The van der Waals surface area contributed by atoms with Gasteiger partial charge in [-0.25, -0.2) is 4.79 Å². The number of carbonyl (C=O) groups is 2. The van der Waals surface area contributed by atoms with E-state index in [1.165, 1.54) is 4.90 Å². The van der Waals surface area contributed by atoms with E-state index in [4.69, 9.17) is 9.92 Å². The quantitative estimate of drug-likeness (QED) is 0.383. The highest BCUT2D eigenvalue weighted by Crippen LogP contribution is 2.28. The number of nitrogens with zero attached hydrogens (tertiary/aromatic N) is 2. The summed E-state index contributed by atoms with van der Waals surface area (Å²) < 4.78 is 5.33. The minimum Gasteiger partial charge on any atom is -0.375 e. The van der Waals surface area contributed by atoms with Gasteiger partial charge in [0, 0.05) is 32.3 Å². The molecule has 1 aliphatic heterocycles. The molecule has 1 aromatic carbocycles. The molecule has 2 rings (SSSR count). The van der Waals surface area contributed by atoms with Crippen LogP contribution < -0.4 is 5.73 Å². The van der Waals surface area contributed by atoms with E-state index in [0.717, 1.165) is 62.7 Å². The molecular formula is C19H29N3O3S. The van der Waals surface area contributed by atoms with Crippen LogP contribution in [0.5, 0.6) is 0 Å². The zero-order chi connectivity index (χ0) is 18.8. The van der Waals surface area contributed by atoms with Crippen molar-refractivity contribution in [3.63, 3.8) is 0 Å². The SMILES string of the molecule is CN(C(=O)OSCCCCN)C(C=O)(Cc1ccccc1)N1CCCC1. The lowest BCUT2D eigenvalue weighted by molar-refractivity contribution is -0.127. The van der Waals surface area contributed by atoms with E-state index in [-0.39, 0.29) is 0 Å². The van der Waals surface area contributed by atoms with Crippen molar-refractivity contribution in [2.75, 3.05) is 32.4 Å². The third-order valence-electron chi connectivity index (χ3n) is 4.82. The van der Waals surface area contributed by atoms with Gasteiger partial charge in [-0.1, -0.05) is 30.3 Å². The van der Waals surface area contributed by atoms with Crippen molar-refractivity contribution in [2.24, 2.45) is 5.73 Å². The molecule has 1 aliphatic rings. The summed E-state index contributed by atoms with van der Waals surface area (Å²) in [5.74, 6) is 0.702. The van der Waals surface area contributed by atoms with Gasteiger partial charge in [0.1, 0.15) is 0 Å². The zero-order valence-corrected chi connectivity index (χ0v) is 16.2. The van der Waals surface area contributed by atoms with E-state index < -0.39 is 11.8 Å². The smallest absolute Gasteiger partial charge is 0.375 e. The molecule has 0 saturated carbocycles. The number of amides is 1. The van der Waals surface area contributed by atoms with Crippen LogP contribution in [0.2, 0.25) is 0 Å². The van der Waals surface area contributed by atoms with Gasteiger partial charge in [0.2, 0.25) is 0 Å². The Labute approximate surface area is 160 Å². The number of benzene rings is 1. The van der Waals surface area contributed by atoms with E-state index in [2.05, 4.69) is 4.90 Å². The Morgan fingerprint density at radius 2 is 2.00 bits per heavy atom. The van der Waals surface area contributed by atoms with Gasteiger partial charge in [-0.2, -0.15) is 0 Å². The van der Waals surface area contributed by atoms with Crippen molar-refractivity contribution < 1.29 is 13.8 Å². The molecule has 1 aromatic rings. The molecule has 6 nitrogen and oxygen atoms in total. The first-order valence-corrected chi connectivity index (χ1v) is 10.1. The number of unbranched alkanes of at least 4 members (excludes halogenated alkanes) is 1. The Kier molecular flexibility index (Phi) is 8.41. The molecule has 0 aromatic heterocycles. The van der Waals surface area contributed by atoms with Crippen molar-refractivity contribution in [1.82, 2.24) is 9.80 Å². The highest BCUT2D eigenvalue weighted by molar-refractivity contribution is 7.95. The van der Waals surface area contributed by atoms with Crippen LogP contribution in [0.25, 0.3) is 0 Å². The normalized spacial score (nSPS) is 16.8. The minimum absolute atomic E-state index is 0.445. The largest absolute Gasteiger partial charge is 0.423 e. The lowest BCUT2D eigenvalue weighted by atomic mass is 9.98. The number of likely N-dealkylation sites (tertiary alicyclic amines) is 1. The molecule has 7 heteroatoms. The number of hydrogen-bond acceptors (Lipinski definition) is 6. The fraction of sp³-hybridized carbons (Fsp3) is 0.579. The maximum atomic E-state index is 12.6. The summed E-state index contributed by atoms with van der Waals surface area (Å²) in [7, 11) is 1.65. The maximum Gasteiger partial charge on any atom is 0.423 e.